The first-order valence-electron chi connectivity index (χ1n) is 7.62. The monoisotopic (exact) mass is 355 g/mol. The zero-order valence-corrected chi connectivity index (χ0v) is 13.5. The number of halogens is 3. The predicted octanol–water partition coefficient (Wildman–Crippen LogP) is 2.70. The van der Waals surface area contributed by atoms with Crippen molar-refractivity contribution in [2.75, 3.05) is 6.54 Å². The first-order valence-corrected chi connectivity index (χ1v) is 8.50. The zero-order valence-electron chi connectivity index (χ0n) is 12.7. The largest absolute Gasteiger partial charge is 0.416 e. The van der Waals surface area contributed by atoms with Crippen LogP contribution in [0.2, 0.25) is 0 Å². The Morgan fingerprint density at radius 1 is 1.42 bits per heavy atom. The molecular weight excluding hydrogens is 339 g/mol. The zero-order chi connectivity index (χ0) is 17.4. The van der Waals surface area contributed by atoms with Crippen LogP contribution >= 0.6 is 11.8 Å². The number of nitriles is 1. The summed E-state index contributed by atoms with van der Waals surface area (Å²) in [5.74, 6) is -0.207. The third-order valence-electron chi connectivity index (χ3n) is 4.20. The Balaban J connectivity index is 1.57. The molecule has 0 radical (unpaired) electrons. The lowest BCUT2D eigenvalue weighted by Gasteiger charge is -2.14. The van der Waals surface area contributed by atoms with Crippen molar-refractivity contribution in [2.45, 2.75) is 47.2 Å². The van der Waals surface area contributed by atoms with Gasteiger partial charge in [-0.1, -0.05) is 6.07 Å². The van der Waals surface area contributed by atoms with Crippen molar-refractivity contribution in [1.82, 2.24) is 10.6 Å². The summed E-state index contributed by atoms with van der Waals surface area (Å²) in [6, 6.07) is 6.91. The number of nitrogens with one attached hydrogen (secondary N) is 2. The first kappa shape index (κ1) is 17.1. The third-order valence-corrected chi connectivity index (χ3v) is 5.42. The molecule has 128 valence electrons. The van der Waals surface area contributed by atoms with E-state index in [9.17, 15) is 18.0 Å². The van der Waals surface area contributed by atoms with Crippen LogP contribution in [0.4, 0.5) is 13.2 Å². The maximum atomic E-state index is 12.7. The van der Waals surface area contributed by atoms with Gasteiger partial charge in [-0.05, 0) is 37.5 Å². The van der Waals surface area contributed by atoms with Gasteiger partial charge in [0, 0.05) is 16.7 Å². The van der Waals surface area contributed by atoms with Gasteiger partial charge in [-0.2, -0.15) is 18.4 Å². The van der Waals surface area contributed by atoms with Crippen molar-refractivity contribution < 1.29 is 18.0 Å². The number of alkyl halides is 3. The molecule has 1 aromatic carbocycles. The molecule has 8 heteroatoms. The molecule has 0 aromatic heterocycles. The van der Waals surface area contributed by atoms with E-state index >= 15 is 0 Å². The van der Waals surface area contributed by atoms with Crippen LogP contribution in [0.1, 0.15) is 24.8 Å². The van der Waals surface area contributed by atoms with E-state index in [1.165, 1.54) is 17.8 Å². The average Bonchev–Trinajstić information content (AvgIpc) is 3.15. The Labute approximate surface area is 141 Å². The highest BCUT2D eigenvalue weighted by atomic mass is 32.2. The van der Waals surface area contributed by atoms with Crippen LogP contribution in [0, 0.1) is 11.3 Å². The van der Waals surface area contributed by atoms with Gasteiger partial charge in [-0.25, -0.2) is 0 Å². The van der Waals surface area contributed by atoms with Gasteiger partial charge >= 0.3 is 6.18 Å². The van der Waals surface area contributed by atoms with Gasteiger partial charge in [-0.15, -0.1) is 11.8 Å². The minimum atomic E-state index is -4.36. The van der Waals surface area contributed by atoms with Crippen molar-refractivity contribution in [3.63, 3.8) is 0 Å². The highest BCUT2D eigenvalue weighted by molar-refractivity contribution is 8.00. The third kappa shape index (κ3) is 3.84. The fourth-order valence-corrected chi connectivity index (χ4v) is 3.85. The molecule has 0 bridgehead atoms. The van der Waals surface area contributed by atoms with E-state index in [2.05, 4.69) is 16.7 Å². The van der Waals surface area contributed by atoms with E-state index < -0.39 is 23.3 Å². The van der Waals surface area contributed by atoms with E-state index in [1.54, 1.807) is 6.07 Å². The van der Waals surface area contributed by atoms with Crippen LogP contribution in [0.15, 0.2) is 29.2 Å². The van der Waals surface area contributed by atoms with Gasteiger partial charge in [0.25, 0.3) is 0 Å². The molecule has 1 aliphatic heterocycles. The highest BCUT2D eigenvalue weighted by Gasteiger charge is 2.46. The lowest BCUT2D eigenvalue weighted by molar-refractivity contribution is -0.137. The van der Waals surface area contributed by atoms with E-state index in [-0.39, 0.29) is 11.2 Å². The van der Waals surface area contributed by atoms with Crippen LogP contribution in [0.25, 0.3) is 0 Å². The molecule has 2 aliphatic rings. The van der Waals surface area contributed by atoms with E-state index in [1.807, 2.05) is 0 Å². The molecule has 3 rings (SSSR count). The van der Waals surface area contributed by atoms with Gasteiger partial charge in [0.2, 0.25) is 5.91 Å². The quantitative estimate of drug-likeness (QED) is 0.872. The van der Waals surface area contributed by atoms with Crippen LogP contribution in [0.3, 0.4) is 0 Å². The number of rotatable bonds is 4. The van der Waals surface area contributed by atoms with Crippen molar-refractivity contribution in [2.24, 2.45) is 0 Å². The molecule has 1 aromatic rings. The summed E-state index contributed by atoms with van der Waals surface area (Å²) in [5, 5.41) is 14.9. The van der Waals surface area contributed by atoms with Gasteiger partial charge in [0.15, 0.2) is 0 Å². The number of carbonyl (C=O) groups excluding carboxylic acids is 1. The second-order valence-corrected chi connectivity index (χ2v) is 7.52. The Hall–Kier alpha value is -1.72. The molecule has 1 saturated heterocycles. The molecular formula is C16H16F3N3OS. The molecule has 2 fully saturated rings. The van der Waals surface area contributed by atoms with Crippen molar-refractivity contribution in [1.29, 1.82) is 5.26 Å². The Morgan fingerprint density at radius 3 is 2.79 bits per heavy atom. The summed E-state index contributed by atoms with van der Waals surface area (Å²) in [7, 11) is 0. The standard InChI is InChI=1S/C16H16F3N3OS/c17-16(18,19)10-2-1-3-11(6-10)24-12-7-13(21-8-12)14(23)22-15(9-20)4-5-15/h1-3,6,12-13,21H,4-5,7-8H2,(H,22,23). The molecule has 24 heavy (non-hydrogen) atoms. The number of nitrogens with zero attached hydrogens (tertiary/aromatic N) is 1. The fourth-order valence-electron chi connectivity index (χ4n) is 2.64. The Kier molecular flexibility index (Phi) is 4.49. The molecule has 4 nitrogen and oxygen atoms in total. The molecule has 1 saturated carbocycles. The minimum absolute atomic E-state index is 0.0153. The number of hydrogen-bond donors (Lipinski definition) is 2. The minimum Gasteiger partial charge on any atom is -0.336 e. The number of thioether (sulfide) groups is 1. The molecule has 1 aliphatic carbocycles. The SMILES string of the molecule is N#CC1(NC(=O)C2CC(Sc3cccc(C(F)(F)F)c3)CN2)CC1. The van der Waals surface area contributed by atoms with Gasteiger partial charge in [0.1, 0.15) is 5.54 Å². The normalized spacial score (nSPS) is 25.1. The summed E-state index contributed by atoms with van der Waals surface area (Å²) in [5.41, 5.74) is -1.37. The first-order chi connectivity index (χ1) is 11.3. The van der Waals surface area contributed by atoms with Crippen LogP contribution in [-0.4, -0.2) is 29.3 Å². The number of carbonyl (C=O) groups is 1. The molecule has 1 heterocycles. The summed E-state index contributed by atoms with van der Waals surface area (Å²) < 4.78 is 38.2. The smallest absolute Gasteiger partial charge is 0.336 e. The van der Waals surface area contributed by atoms with Crippen LogP contribution < -0.4 is 10.6 Å². The van der Waals surface area contributed by atoms with Crippen LogP contribution in [-0.2, 0) is 11.0 Å². The molecule has 0 spiro atoms. The maximum Gasteiger partial charge on any atom is 0.416 e. The summed E-state index contributed by atoms with van der Waals surface area (Å²) in [6.45, 7) is 0.540. The van der Waals surface area contributed by atoms with E-state index in [0.29, 0.717) is 30.7 Å². The fraction of sp³-hybridized carbons (Fsp3) is 0.500. The molecule has 2 atom stereocenters. The summed E-state index contributed by atoms with van der Waals surface area (Å²) in [4.78, 5) is 12.7. The van der Waals surface area contributed by atoms with Crippen LogP contribution in [0.5, 0.6) is 0 Å². The number of benzene rings is 1. The molecule has 2 unspecified atom stereocenters. The van der Waals surface area contributed by atoms with E-state index in [0.717, 1.165) is 12.1 Å². The second kappa shape index (κ2) is 6.30. The lowest BCUT2D eigenvalue weighted by Crippen LogP contribution is -2.45. The highest BCUT2D eigenvalue weighted by Crippen LogP contribution is 2.36. The Bertz CT molecular complexity index is 682. The van der Waals surface area contributed by atoms with Crippen molar-refractivity contribution in [3.05, 3.63) is 29.8 Å². The topological polar surface area (TPSA) is 64.9 Å². The molecule has 2 N–H and O–H groups in total. The summed E-state index contributed by atoms with van der Waals surface area (Å²) >= 11 is 1.33. The maximum absolute atomic E-state index is 12.7. The second-order valence-electron chi connectivity index (χ2n) is 6.15. The van der Waals surface area contributed by atoms with Gasteiger partial charge in [-0.3, -0.25) is 4.79 Å². The summed E-state index contributed by atoms with van der Waals surface area (Å²) in [6.07, 6.45) is -2.49. The van der Waals surface area contributed by atoms with Gasteiger partial charge < -0.3 is 10.6 Å². The van der Waals surface area contributed by atoms with Crippen molar-refractivity contribution in [3.8, 4) is 6.07 Å². The average molecular weight is 355 g/mol. The van der Waals surface area contributed by atoms with Crippen molar-refractivity contribution >= 4 is 17.7 Å². The van der Waals surface area contributed by atoms with Gasteiger partial charge in [0.05, 0.1) is 17.7 Å². The Morgan fingerprint density at radius 2 is 2.17 bits per heavy atom. The number of hydrogen-bond acceptors (Lipinski definition) is 4. The lowest BCUT2D eigenvalue weighted by atomic mass is 10.2. The van der Waals surface area contributed by atoms with E-state index in [4.69, 9.17) is 5.26 Å². The number of amides is 1. The molecule has 1 amide bonds. The predicted molar refractivity (Wildman–Crippen MR) is 83.2 cm³/mol.